The lowest BCUT2D eigenvalue weighted by atomic mass is 9.73. The number of phenols is 1. The van der Waals surface area contributed by atoms with Crippen LogP contribution >= 0.6 is 0 Å². The van der Waals surface area contributed by atoms with Gasteiger partial charge < -0.3 is 19.5 Å². The van der Waals surface area contributed by atoms with Crippen molar-refractivity contribution in [2.75, 3.05) is 7.05 Å². The van der Waals surface area contributed by atoms with Gasteiger partial charge in [0, 0.05) is 30.0 Å². The van der Waals surface area contributed by atoms with Crippen LogP contribution in [0.4, 0.5) is 4.79 Å². The van der Waals surface area contributed by atoms with Crippen molar-refractivity contribution in [2.45, 2.75) is 64.8 Å². The van der Waals surface area contributed by atoms with Gasteiger partial charge in [0.1, 0.15) is 23.0 Å². The summed E-state index contributed by atoms with van der Waals surface area (Å²) < 4.78 is 11.7. The van der Waals surface area contributed by atoms with Crippen molar-refractivity contribution in [1.82, 2.24) is 4.90 Å². The number of carbonyl (C=O) groups is 1. The monoisotopic (exact) mass is 461 g/mol. The Morgan fingerprint density at radius 3 is 2.76 bits per heavy atom. The Morgan fingerprint density at radius 2 is 2.03 bits per heavy atom. The lowest BCUT2D eigenvalue weighted by Crippen LogP contribution is -2.30. The van der Waals surface area contributed by atoms with Crippen molar-refractivity contribution in [2.24, 2.45) is 5.92 Å². The molecule has 0 fully saturated rings. The van der Waals surface area contributed by atoms with Crippen LogP contribution in [0.3, 0.4) is 0 Å². The molecule has 0 radical (unpaired) electrons. The van der Waals surface area contributed by atoms with E-state index in [9.17, 15) is 9.90 Å². The minimum Gasteiger partial charge on any atom is -0.507 e. The Balaban J connectivity index is 1.68. The zero-order valence-corrected chi connectivity index (χ0v) is 20.5. The fourth-order valence-electron chi connectivity index (χ4n) is 5.03. The van der Waals surface area contributed by atoms with Crippen LogP contribution < -0.4 is 9.47 Å². The van der Waals surface area contributed by atoms with Gasteiger partial charge in [-0.25, -0.2) is 4.79 Å². The molecule has 5 heteroatoms. The molecule has 1 heterocycles. The fraction of sp³-hybridized carbons (Fsp3) is 0.414. The van der Waals surface area contributed by atoms with Gasteiger partial charge in [-0.3, -0.25) is 0 Å². The van der Waals surface area contributed by atoms with E-state index in [-0.39, 0.29) is 24.1 Å². The molecule has 4 rings (SSSR count). The maximum Gasteiger partial charge on any atom is 0.415 e. The molecule has 2 aromatic rings. The first-order chi connectivity index (χ1) is 16.4. The van der Waals surface area contributed by atoms with Crippen molar-refractivity contribution >= 4 is 6.09 Å². The van der Waals surface area contributed by atoms with Gasteiger partial charge in [0.2, 0.25) is 0 Å². The number of ether oxygens (including phenoxy) is 2. The van der Waals surface area contributed by atoms with Crippen molar-refractivity contribution in [3.63, 3.8) is 0 Å². The SMILES string of the molecule is C=C1Oc2cc(CCCCC)c(CN(C)C(=O)Oc3ccccc3)c(O)c2C2C=C(C)CCC12. The van der Waals surface area contributed by atoms with E-state index in [0.29, 0.717) is 11.5 Å². The van der Waals surface area contributed by atoms with Crippen molar-refractivity contribution in [3.8, 4) is 17.2 Å². The Hall–Kier alpha value is -3.21. The van der Waals surface area contributed by atoms with Crippen LogP contribution in [-0.4, -0.2) is 23.1 Å². The molecule has 34 heavy (non-hydrogen) atoms. The highest BCUT2D eigenvalue weighted by atomic mass is 16.6. The molecule has 1 aliphatic heterocycles. The molecular formula is C29H35NO4. The van der Waals surface area contributed by atoms with Gasteiger partial charge in [0.15, 0.2) is 0 Å². The summed E-state index contributed by atoms with van der Waals surface area (Å²) in [7, 11) is 1.70. The van der Waals surface area contributed by atoms with Crippen LogP contribution in [0.1, 0.15) is 68.6 Å². The first-order valence-electron chi connectivity index (χ1n) is 12.3. The van der Waals surface area contributed by atoms with E-state index in [1.54, 1.807) is 19.2 Å². The molecule has 2 unspecified atom stereocenters. The zero-order valence-electron chi connectivity index (χ0n) is 20.5. The summed E-state index contributed by atoms with van der Waals surface area (Å²) in [6, 6.07) is 11.1. The van der Waals surface area contributed by atoms with Crippen LogP contribution in [0.2, 0.25) is 0 Å². The Morgan fingerprint density at radius 1 is 1.26 bits per heavy atom. The summed E-state index contributed by atoms with van der Waals surface area (Å²) in [5.41, 5.74) is 3.91. The molecule has 180 valence electrons. The van der Waals surface area contributed by atoms with Gasteiger partial charge in [-0.15, -0.1) is 0 Å². The van der Waals surface area contributed by atoms with Crippen molar-refractivity contribution < 1.29 is 19.4 Å². The van der Waals surface area contributed by atoms with Gasteiger partial charge in [-0.05, 0) is 56.4 Å². The van der Waals surface area contributed by atoms with Gasteiger partial charge in [-0.2, -0.15) is 0 Å². The quantitative estimate of drug-likeness (QED) is 0.353. The normalized spacial score (nSPS) is 18.9. The molecule has 1 aliphatic carbocycles. The van der Waals surface area contributed by atoms with Gasteiger partial charge >= 0.3 is 6.09 Å². The van der Waals surface area contributed by atoms with E-state index in [1.165, 1.54) is 10.5 Å². The number of fused-ring (bicyclic) bond motifs is 3. The molecule has 5 nitrogen and oxygen atoms in total. The number of carbonyl (C=O) groups excluding carboxylic acids is 1. The van der Waals surface area contributed by atoms with Gasteiger partial charge in [0.25, 0.3) is 0 Å². The lowest BCUT2D eigenvalue weighted by Gasteiger charge is -2.38. The van der Waals surface area contributed by atoms with E-state index in [2.05, 4.69) is 32.6 Å². The minimum absolute atomic E-state index is 0.0371. The summed E-state index contributed by atoms with van der Waals surface area (Å²) in [6.45, 7) is 8.75. The average molecular weight is 462 g/mol. The highest BCUT2D eigenvalue weighted by Crippen LogP contribution is 2.52. The molecule has 0 saturated heterocycles. The van der Waals surface area contributed by atoms with E-state index in [1.807, 2.05) is 18.2 Å². The van der Waals surface area contributed by atoms with E-state index in [0.717, 1.165) is 61.0 Å². The molecule has 1 amide bonds. The Labute approximate surface area is 202 Å². The minimum atomic E-state index is -0.460. The largest absolute Gasteiger partial charge is 0.507 e. The zero-order chi connectivity index (χ0) is 24.2. The molecule has 0 aromatic heterocycles. The number of rotatable bonds is 7. The van der Waals surface area contributed by atoms with Crippen LogP contribution in [0.25, 0.3) is 0 Å². The van der Waals surface area contributed by atoms with E-state index < -0.39 is 6.09 Å². The number of aromatic hydroxyl groups is 1. The second-order valence-corrected chi connectivity index (χ2v) is 9.52. The topological polar surface area (TPSA) is 59.0 Å². The molecule has 0 spiro atoms. The summed E-state index contributed by atoms with van der Waals surface area (Å²) in [5.74, 6) is 2.39. The second-order valence-electron chi connectivity index (χ2n) is 9.52. The number of unbranched alkanes of at least 4 members (excludes halogenated alkanes) is 2. The van der Waals surface area contributed by atoms with Gasteiger partial charge in [0.05, 0.1) is 6.54 Å². The van der Waals surface area contributed by atoms with Crippen molar-refractivity contribution in [3.05, 3.63) is 77.1 Å². The number of allylic oxidation sites excluding steroid dienone is 3. The predicted molar refractivity (Wildman–Crippen MR) is 134 cm³/mol. The molecule has 2 aliphatic rings. The Kier molecular flexibility index (Phi) is 7.30. The summed E-state index contributed by atoms with van der Waals surface area (Å²) in [6.07, 6.45) is 7.78. The molecule has 2 aromatic carbocycles. The van der Waals surface area contributed by atoms with E-state index >= 15 is 0 Å². The number of hydrogen-bond acceptors (Lipinski definition) is 4. The van der Waals surface area contributed by atoms with Crippen molar-refractivity contribution in [1.29, 1.82) is 0 Å². The number of phenolic OH excluding ortho intramolecular Hbond substituents is 1. The number of aryl methyl sites for hydroxylation is 1. The number of amides is 1. The lowest BCUT2D eigenvalue weighted by molar-refractivity contribution is 0.160. The summed E-state index contributed by atoms with van der Waals surface area (Å²) >= 11 is 0. The average Bonchev–Trinajstić information content (AvgIpc) is 2.81. The summed E-state index contributed by atoms with van der Waals surface area (Å²) in [5, 5.41) is 11.6. The highest BCUT2D eigenvalue weighted by molar-refractivity contribution is 5.71. The van der Waals surface area contributed by atoms with Crippen LogP contribution in [0.15, 0.2) is 60.4 Å². The smallest absolute Gasteiger partial charge is 0.415 e. The molecule has 0 saturated carbocycles. The first kappa shape index (κ1) is 23.9. The predicted octanol–water partition coefficient (Wildman–Crippen LogP) is 7.10. The third-order valence-electron chi connectivity index (χ3n) is 6.94. The number of para-hydroxylation sites is 1. The first-order valence-corrected chi connectivity index (χ1v) is 12.3. The fourth-order valence-corrected chi connectivity index (χ4v) is 5.03. The maximum atomic E-state index is 12.8. The highest BCUT2D eigenvalue weighted by Gasteiger charge is 2.38. The summed E-state index contributed by atoms with van der Waals surface area (Å²) in [4.78, 5) is 14.3. The third-order valence-corrected chi connectivity index (χ3v) is 6.94. The number of hydrogen-bond donors (Lipinski definition) is 1. The molecule has 0 bridgehead atoms. The van der Waals surface area contributed by atoms with E-state index in [4.69, 9.17) is 9.47 Å². The molecular weight excluding hydrogens is 426 g/mol. The third kappa shape index (κ3) is 4.98. The standard InChI is InChI=1S/C29H35NO4/c1-5-6-8-11-21-17-26-27(24-16-19(2)14-15-23(24)20(3)33-26)28(31)25(21)18-30(4)29(32)34-22-12-9-7-10-13-22/h7,9-10,12-13,16-17,23-24,31H,3,5-6,8,11,14-15,18H2,1-2,4H3. The molecule has 2 atom stereocenters. The van der Waals surface area contributed by atoms with Crippen LogP contribution in [0.5, 0.6) is 17.2 Å². The van der Waals surface area contributed by atoms with Gasteiger partial charge in [-0.1, -0.05) is 56.2 Å². The number of nitrogens with zero attached hydrogens (tertiary/aromatic N) is 1. The Bertz CT molecular complexity index is 1090. The van der Waals surface area contributed by atoms with Crippen LogP contribution in [-0.2, 0) is 13.0 Å². The number of benzene rings is 2. The maximum absolute atomic E-state index is 12.8. The second kappa shape index (κ2) is 10.4. The van der Waals surface area contributed by atoms with Crippen LogP contribution in [0, 0.1) is 5.92 Å². The molecule has 1 N–H and O–H groups in total.